The molecule has 0 saturated carbocycles. The summed E-state index contributed by atoms with van der Waals surface area (Å²) in [5.41, 5.74) is 8.10. The third-order valence-electron chi connectivity index (χ3n) is 2.70. The second-order valence-electron chi connectivity index (χ2n) is 3.84. The number of aryl methyl sites for hydroxylation is 1. The third kappa shape index (κ3) is 2.48. The number of benzene rings is 1. The lowest BCUT2D eigenvalue weighted by Crippen LogP contribution is -2.16. The highest BCUT2D eigenvalue weighted by Gasteiger charge is 2.12. The quantitative estimate of drug-likeness (QED) is 0.903. The van der Waals surface area contributed by atoms with Crippen LogP contribution in [0.15, 0.2) is 30.5 Å². The molecule has 4 heteroatoms. The van der Waals surface area contributed by atoms with Crippen molar-refractivity contribution in [1.29, 1.82) is 0 Å². The van der Waals surface area contributed by atoms with Crippen molar-refractivity contribution >= 4 is 22.2 Å². The zero-order chi connectivity index (χ0) is 12.3. The van der Waals surface area contributed by atoms with Crippen molar-refractivity contribution in [3.63, 3.8) is 0 Å². The van der Waals surface area contributed by atoms with Gasteiger partial charge in [0.25, 0.3) is 0 Å². The Morgan fingerprint density at radius 2 is 2.12 bits per heavy atom. The van der Waals surface area contributed by atoms with Crippen LogP contribution < -0.4 is 10.6 Å². The van der Waals surface area contributed by atoms with E-state index in [1.165, 1.54) is 11.3 Å². The Kier molecular flexibility index (Phi) is 3.76. The monoisotopic (exact) mass is 247 g/mol. The lowest BCUT2D eigenvalue weighted by atomic mass is 10.2. The van der Waals surface area contributed by atoms with E-state index in [1.807, 2.05) is 6.20 Å². The molecule has 1 aromatic heterocycles. The Balaban J connectivity index is 2.36. The number of nitrogens with zero attached hydrogens (tertiary/aromatic N) is 2. The second-order valence-corrected chi connectivity index (χ2v) is 4.94. The summed E-state index contributed by atoms with van der Waals surface area (Å²) < 4.78 is 0. The maximum atomic E-state index is 5.63. The van der Waals surface area contributed by atoms with Crippen LogP contribution in [0.5, 0.6) is 0 Å². The van der Waals surface area contributed by atoms with Gasteiger partial charge in [0.05, 0.1) is 0 Å². The van der Waals surface area contributed by atoms with Gasteiger partial charge in [0.15, 0.2) is 5.13 Å². The summed E-state index contributed by atoms with van der Waals surface area (Å²) in [6.45, 7) is 5.72. The van der Waals surface area contributed by atoms with Gasteiger partial charge in [0.2, 0.25) is 0 Å². The van der Waals surface area contributed by atoms with Crippen molar-refractivity contribution in [3.05, 3.63) is 40.9 Å². The average molecular weight is 247 g/mol. The molecule has 0 saturated heterocycles. The predicted molar refractivity (Wildman–Crippen MR) is 73.9 cm³/mol. The first-order valence-corrected chi connectivity index (χ1v) is 6.55. The number of hydrogen-bond donors (Lipinski definition) is 1. The van der Waals surface area contributed by atoms with Gasteiger partial charge in [-0.1, -0.05) is 18.2 Å². The summed E-state index contributed by atoms with van der Waals surface area (Å²) in [5.74, 6) is 0. The maximum absolute atomic E-state index is 5.63. The fraction of sp³-hybridized carbons (Fsp3) is 0.308. The molecule has 90 valence electrons. The summed E-state index contributed by atoms with van der Waals surface area (Å²) in [4.78, 5) is 7.78. The van der Waals surface area contributed by atoms with Crippen LogP contribution in [0.2, 0.25) is 0 Å². The molecule has 0 fully saturated rings. The molecule has 0 radical (unpaired) electrons. The molecule has 0 aliphatic carbocycles. The SMILES string of the molecule is CCN(c1ncc(CN)s1)c1ccccc1C. The van der Waals surface area contributed by atoms with Gasteiger partial charge in [0.1, 0.15) is 0 Å². The molecular formula is C13H17N3S. The van der Waals surface area contributed by atoms with Gasteiger partial charge in [-0.25, -0.2) is 4.98 Å². The van der Waals surface area contributed by atoms with Crippen LogP contribution >= 0.6 is 11.3 Å². The molecule has 1 heterocycles. The molecule has 17 heavy (non-hydrogen) atoms. The minimum absolute atomic E-state index is 0.559. The first kappa shape index (κ1) is 12.1. The van der Waals surface area contributed by atoms with E-state index >= 15 is 0 Å². The fourth-order valence-electron chi connectivity index (χ4n) is 1.79. The Morgan fingerprint density at radius 1 is 1.35 bits per heavy atom. The smallest absolute Gasteiger partial charge is 0.190 e. The summed E-state index contributed by atoms with van der Waals surface area (Å²) in [7, 11) is 0. The number of hydrogen-bond acceptors (Lipinski definition) is 4. The molecule has 0 bridgehead atoms. The van der Waals surface area contributed by atoms with Gasteiger partial charge in [-0.2, -0.15) is 0 Å². The highest BCUT2D eigenvalue weighted by Crippen LogP contribution is 2.31. The van der Waals surface area contributed by atoms with Crippen molar-refractivity contribution in [3.8, 4) is 0 Å². The standard InChI is InChI=1S/C13H17N3S/c1-3-16(12-7-5-4-6-10(12)2)13-15-9-11(8-14)17-13/h4-7,9H,3,8,14H2,1-2H3. The van der Waals surface area contributed by atoms with Crippen molar-refractivity contribution in [2.45, 2.75) is 20.4 Å². The number of para-hydroxylation sites is 1. The van der Waals surface area contributed by atoms with E-state index in [0.717, 1.165) is 16.6 Å². The van der Waals surface area contributed by atoms with Crippen molar-refractivity contribution in [1.82, 2.24) is 4.98 Å². The summed E-state index contributed by atoms with van der Waals surface area (Å²) in [6.07, 6.45) is 1.86. The van der Waals surface area contributed by atoms with Crippen molar-refractivity contribution < 1.29 is 0 Å². The van der Waals surface area contributed by atoms with Gasteiger partial charge in [-0.3, -0.25) is 0 Å². The molecule has 2 aromatic rings. The van der Waals surface area contributed by atoms with Crippen LogP contribution in [0, 0.1) is 6.92 Å². The van der Waals surface area contributed by atoms with E-state index in [-0.39, 0.29) is 0 Å². The molecule has 0 aliphatic rings. The van der Waals surface area contributed by atoms with E-state index in [0.29, 0.717) is 6.54 Å². The van der Waals surface area contributed by atoms with E-state index in [1.54, 1.807) is 11.3 Å². The highest BCUT2D eigenvalue weighted by atomic mass is 32.1. The zero-order valence-corrected chi connectivity index (χ0v) is 11.0. The fourth-order valence-corrected chi connectivity index (χ4v) is 2.66. The van der Waals surface area contributed by atoms with Crippen LogP contribution in [-0.2, 0) is 6.54 Å². The van der Waals surface area contributed by atoms with Crippen molar-refractivity contribution in [2.75, 3.05) is 11.4 Å². The van der Waals surface area contributed by atoms with Crippen LogP contribution in [0.25, 0.3) is 0 Å². The summed E-state index contributed by atoms with van der Waals surface area (Å²) in [6, 6.07) is 8.36. The molecule has 0 aliphatic heterocycles. The molecule has 2 N–H and O–H groups in total. The van der Waals surface area contributed by atoms with Crippen LogP contribution in [0.3, 0.4) is 0 Å². The molecule has 0 spiro atoms. The zero-order valence-electron chi connectivity index (χ0n) is 10.2. The largest absolute Gasteiger partial charge is 0.326 e. The number of rotatable bonds is 4. The highest BCUT2D eigenvalue weighted by molar-refractivity contribution is 7.15. The molecule has 1 aromatic carbocycles. The lowest BCUT2D eigenvalue weighted by Gasteiger charge is -2.21. The Morgan fingerprint density at radius 3 is 2.71 bits per heavy atom. The summed E-state index contributed by atoms with van der Waals surface area (Å²) in [5, 5.41) is 1.02. The predicted octanol–water partition coefficient (Wildman–Crippen LogP) is 3.07. The molecule has 3 nitrogen and oxygen atoms in total. The van der Waals surface area contributed by atoms with Gasteiger partial charge in [-0.05, 0) is 25.5 Å². The van der Waals surface area contributed by atoms with E-state index in [2.05, 4.69) is 48.0 Å². The topological polar surface area (TPSA) is 42.2 Å². The molecule has 2 rings (SSSR count). The van der Waals surface area contributed by atoms with E-state index < -0.39 is 0 Å². The number of anilines is 2. The average Bonchev–Trinajstić information content (AvgIpc) is 2.81. The van der Waals surface area contributed by atoms with Gasteiger partial charge in [-0.15, -0.1) is 11.3 Å². The molecule has 0 amide bonds. The maximum Gasteiger partial charge on any atom is 0.190 e. The van der Waals surface area contributed by atoms with Crippen LogP contribution in [0.1, 0.15) is 17.4 Å². The third-order valence-corrected chi connectivity index (χ3v) is 3.74. The van der Waals surface area contributed by atoms with Crippen LogP contribution in [0.4, 0.5) is 10.8 Å². The van der Waals surface area contributed by atoms with Crippen molar-refractivity contribution in [2.24, 2.45) is 5.73 Å². The number of nitrogens with two attached hydrogens (primary N) is 1. The van der Waals surface area contributed by atoms with E-state index in [4.69, 9.17) is 5.73 Å². The summed E-state index contributed by atoms with van der Waals surface area (Å²) >= 11 is 1.66. The Labute approximate surface area is 106 Å². The minimum atomic E-state index is 0.559. The number of thiazole rings is 1. The van der Waals surface area contributed by atoms with Gasteiger partial charge >= 0.3 is 0 Å². The van der Waals surface area contributed by atoms with Crippen LogP contribution in [-0.4, -0.2) is 11.5 Å². The molecular weight excluding hydrogens is 230 g/mol. The Bertz CT molecular complexity index is 493. The first-order chi connectivity index (χ1) is 8.26. The minimum Gasteiger partial charge on any atom is -0.326 e. The molecule has 0 unspecified atom stereocenters. The molecule has 0 atom stereocenters. The van der Waals surface area contributed by atoms with Gasteiger partial charge in [0, 0.05) is 29.9 Å². The number of aromatic nitrogens is 1. The lowest BCUT2D eigenvalue weighted by molar-refractivity contribution is 1.00. The first-order valence-electron chi connectivity index (χ1n) is 5.74. The Hall–Kier alpha value is -1.39. The normalized spacial score (nSPS) is 10.5. The van der Waals surface area contributed by atoms with Gasteiger partial charge < -0.3 is 10.6 Å². The van der Waals surface area contributed by atoms with E-state index in [9.17, 15) is 0 Å². The second kappa shape index (κ2) is 5.29.